The van der Waals surface area contributed by atoms with Crippen molar-refractivity contribution in [1.29, 1.82) is 0 Å². The minimum Gasteiger partial charge on any atom is -0.507 e. The lowest BCUT2D eigenvalue weighted by molar-refractivity contribution is -0.127. The molecule has 0 saturated carbocycles. The summed E-state index contributed by atoms with van der Waals surface area (Å²) in [4.78, 5) is 44.1. The van der Waals surface area contributed by atoms with Gasteiger partial charge in [-0.15, -0.1) is 0 Å². The minimum absolute atomic E-state index is 0.0705. The van der Waals surface area contributed by atoms with Gasteiger partial charge in [0.2, 0.25) is 0 Å². The van der Waals surface area contributed by atoms with E-state index in [1.165, 1.54) is 17.2 Å². The van der Waals surface area contributed by atoms with Crippen molar-refractivity contribution in [3.63, 3.8) is 0 Å². The molecule has 2 N–H and O–H groups in total. The van der Waals surface area contributed by atoms with Gasteiger partial charge in [-0.25, -0.2) is 0 Å². The lowest BCUT2D eigenvalue weighted by Gasteiger charge is -2.34. The number of hydrogen-bond donors (Lipinski definition) is 2. The van der Waals surface area contributed by atoms with Crippen LogP contribution in [0.15, 0.2) is 53.1 Å². The Hall–Kier alpha value is -3.13. The number of nitrogens with zero attached hydrogens (tertiary/aromatic N) is 2. The number of aromatic amines is 1. The second-order valence-electron chi connectivity index (χ2n) is 6.80. The van der Waals surface area contributed by atoms with Gasteiger partial charge in [0.15, 0.2) is 0 Å². The summed E-state index contributed by atoms with van der Waals surface area (Å²) in [7, 11) is 0. The number of fused-ring (bicyclic) bond motifs is 1. The second-order valence-corrected chi connectivity index (χ2v) is 7.65. The number of carbonyl (C=O) groups excluding carboxylic acids is 3. The van der Waals surface area contributed by atoms with Gasteiger partial charge in [-0.05, 0) is 40.2 Å². The highest BCUT2D eigenvalue weighted by atomic mass is 79.9. The number of hydrogen-bond acceptors (Lipinski definition) is 4. The van der Waals surface area contributed by atoms with Crippen molar-refractivity contribution in [3.8, 4) is 5.75 Å². The normalized spacial score (nSPS) is 14.2. The summed E-state index contributed by atoms with van der Waals surface area (Å²) < 4.78 is 0.685. The molecular formula is C21H18BrN3O4. The first kappa shape index (κ1) is 19.2. The third-order valence-corrected chi connectivity index (χ3v) is 5.74. The van der Waals surface area contributed by atoms with Crippen LogP contribution in [-0.4, -0.2) is 63.7 Å². The Kier molecular flexibility index (Phi) is 5.10. The summed E-state index contributed by atoms with van der Waals surface area (Å²) in [5.74, 6) is -1.49. The number of benzene rings is 2. The fraction of sp³-hybridized carbons (Fsp3) is 0.190. The molecule has 1 fully saturated rings. The highest BCUT2D eigenvalue weighted by Gasteiger charge is 2.30. The summed E-state index contributed by atoms with van der Waals surface area (Å²) in [5.41, 5.74) is 1.29. The maximum Gasteiger partial charge on any atom is 0.295 e. The van der Waals surface area contributed by atoms with Gasteiger partial charge < -0.3 is 19.9 Å². The van der Waals surface area contributed by atoms with Crippen molar-refractivity contribution in [2.45, 2.75) is 0 Å². The summed E-state index contributed by atoms with van der Waals surface area (Å²) >= 11 is 3.36. The van der Waals surface area contributed by atoms with Crippen LogP contribution in [-0.2, 0) is 4.79 Å². The van der Waals surface area contributed by atoms with Crippen LogP contribution in [0.3, 0.4) is 0 Å². The molecule has 1 aliphatic heterocycles. The quantitative estimate of drug-likeness (QED) is 0.468. The van der Waals surface area contributed by atoms with Crippen LogP contribution in [0.1, 0.15) is 20.7 Å². The van der Waals surface area contributed by atoms with Gasteiger partial charge in [0.25, 0.3) is 17.6 Å². The van der Waals surface area contributed by atoms with Crippen molar-refractivity contribution in [2.75, 3.05) is 26.2 Å². The third kappa shape index (κ3) is 3.51. The maximum absolute atomic E-state index is 12.8. The number of rotatable bonds is 3. The molecule has 2 heterocycles. The Morgan fingerprint density at radius 2 is 1.59 bits per heavy atom. The van der Waals surface area contributed by atoms with E-state index in [2.05, 4.69) is 20.9 Å². The van der Waals surface area contributed by atoms with E-state index in [1.807, 2.05) is 6.07 Å². The Balaban J connectivity index is 1.47. The van der Waals surface area contributed by atoms with Gasteiger partial charge in [0.05, 0.1) is 16.5 Å². The van der Waals surface area contributed by atoms with E-state index in [4.69, 9.17) is 0 Å². The molecule has 0 unspecified atom stereocenters. The van der Waals surface area contributed by atoms with Crippen molar-refractivity contribution in [3.05, 3.63) is 64.3 Å². The summed E-state index contributed by atoms with van der Waals surface area (Å²) in [5, 5.41) is 10.5. The van der Waals surface area contributed by atoms with Crippen LogP contribution in [0.5, 0.6) is 5.75 Å². The zero-order valence-corrected chi connectivity index (χ0v) is 17.0. The van der Waals surface area contributed by atoms with Crippen molar-refractivity contribution in [2.24, 2.45) is 0 Å². The largest absolute Gasteiger partial charge is 0.507 e. The zero-order valence-electron chi connectivity index (χ0n) is 15.4. The van der Waals surface area contributed by atoms with Gasteiger partial charge in [0.1, 0.15) is 5.75 Å². The lowest BCUT2D eigenvalue weighted by atomic mass is 10.1. The molecule has 1 aliphatic rings. The Morgan fingerprint density at radius 3 is 2.28 bits per heavy atom. The molecule has 0 radical (unpaired) electrons. The zero-order chi connectivity index (χ0) is 20.5. The molecule has 8 heteroatoms. The smallest absolute Gasteiger partial charge is 0.295 e. The summed E-state index contributed by atoms with van der Waals surface area (Å²) in [6, 6.07) is 12.1. The van der Waals surface area contributed by atoms with E-state index in [0.717, 1.165) is 0 Å². The number of Topliss-reactive ketones (excluding diaryl/α,β-unsaturated/α-hetero) is 1. The summed E-state index contributed by atoms with van der Waals surface area (Å²) in [6.07, 6.45) is 1.44. The fourth-order valence-electron chi connectivity index (χ4n) is 3.51. The molecule has 29 heavy (non-hydrogen) atoms. The third-order valence-electron chi connectivity index (χ3n) is 5.08. The molecule has 148 valence electrons. The van der Waals surface area contributed by atoms with Crippen LogP contribution in [0.4, 0.5) is 0 Å². The van der Waals surface area contributed by atoms with Gasteiger partial charge >= 0.3 is 0 Å². The van der Waals surface area contributed by atoms with Gasteiger partial charge in [-0.2, -0.15) is 0 Å². The van der Waals surface area contributed by atoms with E-state index in [1.54, 1.807) is 35.2 Å². The molecule has 2 aromatic carbocycles. The number of ketones is 1. The summed E-state index contributed by atoms with van der Waals surface area (Å²) in [6.45, 7) is 1.28. The number of phenolic OH excluding ortho intramolecular Hbond substituents is 1. The van der Waals surface area contributed by atoms with Gasteiger partial charge in [-0.3, -0.25) is 14.4 Å². The monoisotopic (exact) mass is 455 g/mol. The number of piperazine rings is 1. The molecule has 3 aromatic rings. The average molecular weight is 456 g/mol. The van der Waals surface area contributed by atoms with Crippen LogP contribution >= 0.6 is 15.9 Å². The first-order chi connectivity index (χ1) is 14.0. The molecular weight excluding hydrogens is 438 g/mol. The van der Waals surface area contributed by atoms with E-state index in [-0.39, 0.29) is 30.3 Å². The van der Waals surface area contributed by atoms with E-state index in [0.29, 0.717) is 34.0 Å². The number of aromatic hydroxyl groups is 1. The number of phenols is 1. The first-order valence-electron chi connectivity index (χ1n) is 9.14. The Bertz CT molecular complexity index is 1100. The SMILES string of the molecule is O=C(C(=O)N1CCN(C(=O)c2ccccc2)CC1)c1c[nH]c2c(Br)ccc(O)c12. The average Bonchev–Trinajstić information content (AvgIpc) is 3.22. The van der Waals surface area contributed by atoms with E-state index >= 15 is 0 Å². The van der Waals surface area contributed by atoms with Gasteiger partial charge in [-0.1, -0.05) is 18.2 Å². The topological polar surface area (TPSA) is 93.7 Å². The number of halogens is 1. The second kappa shape index (κ2) is 7.71. The number of amides is 2. The number of H-pyrrole nitrogens is 1. The molecule has 2 amide bonds. The Labute approximate surface area is 175 Å². The fourth-order valence-corrected chi connectivity index (χ4v) is 3.96. The number of nitrogens with one attached hydrogen (secondary N) is 1. The van der Waals surface area contributed by atoms with Gasteiger partial charge in [0, 0.05) is 42.4 Å². The molecule has 0 aliphatic carbocycles. The van der Waals surface area contributed by atoms with Crippen LogP contribution in [0.25, 0.3) is 10.9 Å². The maximum atomic E-state index is 12.8. The van der Waals surface area contributed by atoms with Crippen LogP contribution < -0.4 is 0 Å². The number of aromatic nitrogens is 1. The molecule has 1 aromatic heterocycles. The Morgan fingerprint density at radius 1 is 0.931 bits per heavy atom. The predicted octanol–water partition coefficient (Wildman–Crippen LogP) is 2.80. The lowest BCUT2D eigenvalue weighted by Crippen LogP contribution is -2.52. The van der Waals surface area contributed by atoms with E-state index < -0.39 is 11.7 Å². The first-order valence-corrected chi connectivity index (χ1v) is 9.93. The molecule has 0 atom stereocenters. The van der Waals surface area contributed by atoms with Crippen molar-refractivity contribution in [1.82, 2.24) is 14.8 Å². The highest BCUT2D eigenvalue weighted by molar-refractivity contribution is 9.10. The molecule has 0 spiro atoms. The van der Waals surface area contributed by atoms with Crippen molar-refractivity contribution >= 4 is 44.4 Å². The molecule has 1 saturated heterocycles. The molecule has 4 rings (SSSR count). The molecule has 0 bridgehead atoms. The number of carbonyl (C=O) groups is 3. The molecule has 7 nitrogen and oxygen atoms in total. The minimum atomic E-state index is -0.688. The van der Waals surface area contributed by atoms with Crippen molar-refractivity contribution < 1.29 is 19.5 Å². The van der Waals surface area contributed by atoms with E-state index in [9.17, 15) is 19.5 Å². The van der Waals surface area contributed by atoms with Crippen LogP contribution in [0, 0.1) is 0 Å². The predicted molar refractivity (Wildman–Crippen MR) is 111 cm³/mol. The van der Waals surface area contributed by atoms with Crippen LogP contribution in [0.2, 0.25) is 0 Å². The standard InChI is InChI=1S/C21H18BrN3O4/c22-15-6-7-16(26)17-14(12-23-18(15)17)19(27)21(29)25-10-8-24(9-11-25)20(28)13-4-2-1-3-5-13/h1-7,12,23,26H,8-11H2. The highest BCUT2D eigenvalue weighted by Crippen LogP contribution is 2.33.